The first-order chi connectivity index (χ1) is 13.8. The standard InChI is InChI=1S/C20H26N2O5S2/c1-15(23)13-17-5-3-11-22(17)19(24)14-27-18-9-7-16(8-10-18)21(2)29(25,26)20-6-4-12-28-20/h4,6-10,12,15,17,23H,3,5,11,13-14H2,1-2H3/t15-,17-/m0/s1. The third kappa shape index (κ3) is 5.09. The van der Waals surface area contributed by atoms with E-state index in [0.717, 1.165) is 12.8 Å². The fourth-order valence-corrected chi connectivity index (χ4v) is 5.82. The highest BCUT2D eigenvalue weighted by Gasteiger charge is 2.29. The molecule has 0 bridgehead atoms. The van der Waals surface area contributed by atoms with Crippen molar-refractivity contribution >= 4 is 33.0 Å². The molecule has 9 heteroatoms. The van der Waals surface area contributed by atoms with Crippen LogP contribution in [0, 0.1) is 0 Å². The van der Waals surface area contributed by atoms with Gasteiger partial charge >= 0.3 is 0 Å². The fourth-order valence-electron chi connectivity index (χ4n) is 3.47. The maximum absolute atomic E-state index is 12.6. The smallest absolute Gasteiger partial charge is 0.273 e. The Morgan fingerprint density at radius 1 is 1.34 bits per heavy atom. The molecule has 1 aliphatic heterocycles. The number of nitrogens with zero attached hydrogens (tertiary/aromatic N) is 2. The van der Waals surface area contributed by atoms with Gasteiger partial charge < -0.3 is 14.7 Å². The van der Waals surface area contributed by atoms with Crippen molar-refractivity contribution in [3.63, 3.8) is 0 Å². The van der Waals surface area contributed by atoms with E-state index >= 15 is 0 Å². The molecule has 1 N–H and O–H groups in total. The minimum absolute atomic E-state index is 0.0598. The molecule has 1 saturated heterocycles. The molecular weight excluding hydrogens is 412 g/mol. The van der Waals surface area contributed by atoms with Gasteiger partial charge in [0.2, 0.25) is 0 Å². The molecule has 0 unspecified atom stereocenters. The molecule has 2 atom stereocenters. The number of carbonyl (C=O) groups excluding carboxylic acids is 1. The number of hydrogen-bond acceptors (Lipinski definition) is 6. The van der Waals surface area contributed by atoms with Crippen LogP contribution in [0.25, 0.3) is 0 Å². The molecule has 1 aromatic heterocycles. The quantitative estimate of drug-likeness (QED) is 0.685. The summed E-state index contributed by atoms with van der Waals surface area (Å²) in [4.78, 5) is 14.3. The van der Waals surface area contributed by atoms with Gasteiger partial charge in [-0.1, -0.05) is 6.07 Å². The lowest BCUT2D eigenvalue weighted by Gasteiger charge is -2.25. The highest BCUT2D eigenvalue weighted by Crippen LogP contribution is 2.27. The van der Waals surface area contributed by atoms with Crippen molar-refractivity contribution in [3.05, 3.63) is 41.8 Å². The SMILES string of the molecule is C[C@H](O)C[C@@H]1CCCN1C(=O)COc1ccc(N(C)S(=O)(=O)c2cccs2)cc1. The van der Waals surface area contributed by atoms with Crippen LogP contribution in [0.2, 0.25) is 0 Å². The maximum Gasteiger partial charge on any atom is 0.273 e. The number of benzene rings is 1. The summed E-state index contributed by atoms with van der Waals surface area (Å²) in [6, 6.07) is 9.94. The van der Waals surface area contributed by atoms with Crippen LogP contribution in [0.5, 0.6) is 5.75 Å². The minimum atomic E-state index is -3.58. The van der Waals surface area contributed by atoms with Gasteiger partial charge in [-0.3, -0.25) is 9.10 Å². The number of aliphatic hydroxyl groups is 1. The summed E-state index contributed by atoms with van der Waals surface area (Å²) in [5.74, 6) is 0.393. The normalized spacial score (nSPS) is 17.9. The van der Waals surface area contributed by atoms with Crippen LogP contribution in [0.3, 0.4) is 0 Å². The van der Waals surface area contributed by atoms with Crippen LogP contribution in [-0.4, -0.2) is 56.7 Å². The number of ether oxygens (including phenoxy) is 1. The van der Waals surface area contributed by atoms with E-state index in [1.165, 1.54) is 22.7 Å². The zero-order valence-electron chi connectivity index (χ0n) is 16.5. The van der Waals surface area contributed by atoms with E-state index in [4.69, 9.17) is 4.74 Å². The molecule has 158 valence electrons. The lowest BCUT2D eigenvalue weighted by Crippen LogP contribution is -2.40. The zero-order chi connectivity index (χ0) is 21.0. The van der Waals surface area contributed by atoms with Crippen molar-refractivity contribution in [2.45, 2.75) is 42.5 Å². The van der Waals surface area contributed by atoms with Gasteiger partial charge in [0, 0.05) is 19.6 Å². The Kier molecular flexibility index (Phi) is 6.81. The average Bonchev–Trinajstić information content (AvgIpc) is 3.38. The van der Waals surface area contributed by atoms with E-state index in [9.17, 15) is 18.3 Å². The van der Waals surface area contributed by atoms with Crippen molar-refractivity contribution in [3.8, 4) is 5.75 Å². The Morgan fingerprint density at radius 2 is 2.07 bits per heavy atom. The molecule has 1 aliphatic rings. The number of aliphatic hydroxyl groups excluding tert-OH is 1. The summed E-state index contributed by atoms with van der Waals surface area (Å²) in [6.45, 7) is 2.33. The topological polar surface area (TPSA) is 87.2 Å². The molecule has 3 rings (SSSR count). The molecule has 29 heavy (non-hydrogen) atoms. The average molecular weight is 439 g/mol. The largest absolute Gasteiger partial charge is 0.484 e. The maximum atomic E-state index is 12.6. The van der Waals surface area contributed by atoms with Crippen LogP contribution in [0.1, 0.15) is 26.2 Å². The van der Waals surface area contributed by atoms with Gasteiger partial charge in [-0.05, 0) is 61.9 Å². The van der Waals surface area contributed by atoms with Crippen LogP contribution in [0.4, 0.5) is 5.69 Å². The Bertz CT molecular complexity index is 911. The monoisotopic (exact) mass is 438 g/mol. The molecule has 2 aromatic rings. The van der Waals surface area contributed by atoms with Gasteiger partial charge in [-0.25, -0.2) is 8.42 Å². The first-order valence-electron chi connectivity index (χ1n) is 9.52. The number of likely N-dealkylation sites (tertiary alicyclic amines) is 1. The molecule has 1 amide bonds. The Labute approximate surface area is 175 Å². The number of rotatable bonds is 8. The number of amides is 1. The molecule has 0 spiro atoms. The van der Waals surface area contributed by atoms with Crippen molar-refractivity contribution in [2.24, 2.45) is 0 Å². The molecule has 1 fully saturated rings. The fraction of sp³-hybridized carbons (Fsp3) is 0.450. The van der Waals surface area contributed by atoms with Crippen molar-refractivity contribution in [1.29, 1.82) is 0 Å². The Hall–Kier alpha value is -2.10. The van der Waals surface area contributed by atoms with E-state index in [0.29, 0.717) is 24.4 Å². The van der Waals surface area contributed by atoms with E-state index < -0.39 is 16.1 Å². The van der Waals surface area contributed by atoms with E-state index in [-0.39, 0.29) is 22.8 Å². The summed E-state index contributed by atoms with van der Waals surface area (Å²) in [7, 11) is -2.08. The second kappa shape index (κ2) is 9.15. The molecule has 7 nitrogen and oxygen atoms in total. The summed E-state index contributed by atoms with van der Waals surface area (Å²) < 4.78 is 32.3. The van der Waals surface area contributed by atoms with Crippen LogP contribution >= 0.6 is 11.3 Å². The zero-order valence-corrected chi connectivity index (χ0v) is 18.2. The lowest BCUT2D eigenvalue weighted by molar-refractivity contribution is -0.134. The van der Waals surface area contributed by atoms with Crippen LogP contribution in [0.15, 0.2) is 46.0 Å². The van der Waals surface area contributed by atoms with Gasteiger partial charge in [0.05, 0.1) is 11.8 Å². The van der Waals surface area contributed by atoms with E-state index in [1.54, 1.807) is 53.6 Å². The molecule has 1 aromatic carbocycles. The second-order valence-electron chi connectivity index (χ2n) is 7.16. The third-order valence-corrected chi connectivity index (χ3v) is 8.14. The molecule has 2 heterocycles. The second-order valence-corrected chi connectivity index (χ2v) is 10.3. The van der Waals surface area contributed by atoms with Gasteiger partial charge in [-0.2, -0.15) is 0 Å². The van der Waals surface area contributed by atoms with Crippen molar-refractivity contribution in [2.75, 3.05) is 24.5 Å². The van der Waals surface area contributed by atoms with E-state index in [2.05, 4.69) is 0 Å². The lowest BCUT2D eigenvalue weighted by atomic mass is 10.1. The number of carbonyl (C=O) groups is 1. The number of anilines is 1. The predicted octanol–water partition coefficient (Wildman–Crippen LogP) is 2.71. The molecule has 0 saturated carbocycles. The highest BCUT2D eigenvalue weighted by atomic mass is 32.2. The number of sulfonamides is 1. The highest BCUT2D eigenvalue weighted by molar-refractivity contribution is 7.94. The van der Waals surface area contributed by atoms with Crippen LogP contribution < -0.4 is 9.04 Å². The minimum Gasteiger partial charge on any atom is -0.484 e. The van der Waals surface area contributed by atoms with Gasteiger partial charge in [0.25, 0.3) is 15.9 Å². The molecule has 0 aliphatic carbocycles. The first-order valence-corrected chi connectivity index (χ1v) is 11.8. The number of hydrogen-bond donors (Lipinski definition) is 1. The Morgan fingerprint density at radius 3 is 2.69 bits per heavy atom. The van der Waals surface area contributed by atoms with Gasteiger partial charge in [-0.15, -0.1) is 11.3 Å². The first kappa shape index (κ1) is 21.6. The van der Waals surface area contributed by atoms with Gasteiger partial charge in [0.1, 0.15) is 9.96 Å². The summed E-state index contributed by atoms with van der Waals surface area (Å²) in [5, 5.41) is 11.3. The third-order valence-electron chi connectivity index (χ3n) is 4.98. The molecular formula is C20H26N2O5S2. The predicted molar refractivity (Wildman–Crippen MR) is 113 cm³/mol. The van der Waals surface area contributed by atoms with Gasteiger partial charge in [0.15, 0.2) is 6.61 Å². The summed E-state index contributed by atoms with van der Waals surface area (Å²) in [6.07, 6.45) is 1.97. The Balaban J connectivity index is 1.59. The molecule has 0 radical (unpaired) electrons. The summed E-state index contributed by atoms with van der Waals surface area (Å²) >= 11 is 1.17. The van der Waals surface area contributed by atoms with Crippen molar-refractivity contribution in [1.82, 2.24) is 4.90 Å². The number of thiophene rings is 1. The van der Waals surface area contributed by atoms with Crippen LogP contribution in [-0.2, 0) is 14.8 Å². The van der Waals surface area contributed by atoms with E-state index in [1.807, 2.05) is 0 Å². The van der Waals surface area contributed by atoms with Crippen molar-refractivity contribution < 1.29 is 23.1 Å². The summed E-state index contributed by atoms with van der Waals surface area (Å²) in [5.41, 5.74) is 0.508.